The standard InChI is InChI=1S/C23H20N2O/c1-23(2,3)22-20(17-10-6-7-11-18(17)25-22)19-16-9-5-4-8-14(16)12-15(13-24)21(19)26/h4-12,25-26H,1-3H3. The SMILES string of the molecule is CC(C)(C)c1[nH]c2ccccc2c1-c1c(O)c(C#N)cc2ccccc12. The minimum atomic E-state index is -0.148. The van der Waals surface area contributed by atoms with Crippen molar-refractivity contribution in [3.8, 4) is 22.9 Å². The minimum Gasteiger partial charge on any atom is -0.506 e. The third-order valence-corrected chi connectivity index (χ3v) is 4.85. The summed E-state index contributed by atoms with van der Waals surface area (Å²) in [5, 5.41) is 23.4. The number of benzene rings is 3. The van der Waals surface area contributed by atoms with Crippen LogP contribution in [0.3, 0.4) is 0 Å². The molecule has 0 atom stereocenters. The van der Waals surface area contributed by atoms with Gasteiger partial charge in [0, 0.05) is 33.1 Å². The number of rotatable bonds is 1. The Labute approximate surface area is 152 Å². The van der Waals surface area contributed by atoms with Crippen molar-refractivity contribution in [3.63, 3.8) is 0 Å². The Kier molecular flexibility index (Phi) is 3.52. The second-order valence-electron chi connectivity index (χ2n) is 7.65. The number of para-hydroxylation sites is 1. The van der Waals surface area contributed by atoms with Gasteiger partial charge in [-0.3, -0.25) is 0 Å². The molecular weight excluding hydrogens is 320 g/mol. The van der Waals surface area contributed by atoms with E-state index in [1.165, 1.54) is 0 Å². The van der Waals surface area contributed by atoms with Crippen LogP contribution < -0.4 is 0 Å². The number of phenols is 1. The Bertz CT molecular complexity index is 1190. The van der Waals surface area contributed by atoms with Crippen LogP contribution in [0, 0.1) is 11.3 Å². The van der Waals surface area contributed by atoms with Crippen molar-refractivity contribution < 1.29 is 5.11 Å². The number of aromatic amines is 1. The molecule has 0 spiro atoms. The summed E-state index contributed by atoms with van der Waals surface area (Å²) in [6.07, 6.45) is 0. The lowest BCUT2D eigenvalue weighted by atomic mass is 9.84. The lowest BCUT2D eigenvalue weighted by Crippen LogP contribution is -2.13. The molecule has 0 bridgehead atoms. The van der Waals surface area contributed by atoms with Gasteiger partial charge in [0.25, 0.3) is 0 Å². The van der Waals surface area contributed by atoms with Gasteiger partial charge in [-0.25, -0.2) is 0 Å². The average Bonchev–Trinajstić information content (AvgIpc) is 3.01. The predicted molar refractivity (Wildman–Crippen MR) is 106 cm³/mol. The number of nitriles is 1. The quantitative estimate of drug-likeness (QED) is 0.456. The van der Waals surface area contributed by atoms with Gasteiger partial charge in [-0.1, -0.05) is 63.2 Å². The normalized spacial score (nSPS) is 11.8. The maximum absolute atomic E-state index is 11.0. The molecule has 0 saturated heterocycles. The van der Waals surface area contributed by atoms with E-state index in [2.05, 4.69) is 37.9 Å². The number of hydrogen-bond donors (Lipinski definition) is 2. The highest BCUT2D eigenvalue weighted by Crippen LogP contribution is 2.46. The lowest BCUT2D eigenvalue weighted by Gasteiger charge is -2.21. The van der Waals surface area contributed by atoms with Crippen LogP contribution in [0.1, 0.15) is 32.0 Å². The van der Waals surface area contributed by atoms with Gasteiger partial charge < -0.3 is 10.1 Å². The molecule has 0 aliphatic rings. The summed E-state index contributed by atoms with van der Waals surface area (Å²) in [6, 6.07) is 19.9. The van der Waals surface area contributed by atoms with Crippen molar-refractivity contribution in [3.05, 3.63) is 65.9 Å². The fourth-order valence-corrected chi connectivity index (χ4v) is 3.64. The summed E-state index contributed by atoms with van der Waals surface area (Å²) in [6.45, 7) is 6.44. The maximum Gasteiger partial charge on any atom is 0.141 e. The number of H-pyrrole nitrogens is 1. The number of nitrogens with one attached hydrogen (secondary N) is 1. The summed E-state index contributed by atoms with van der Waals surface area (Å²) in [5.74, 6) is 0.0430. The van der Waals surface area contributed by atoms with Crippen molar-refractivity contribution in [2.75, 3.05) is 0 Å². The van der Waals surface area contributed by atoms with Gasteiger partial charge in [-0.05, 0) is 22.9 Å². The summed E-state index contributed by atoms with van der Waals surface area (Å²) in [7, 11) is 0. The first-order valence-corrected chi connectivity index (χ1v) is 8.68. The molecule has 0 fully saturated rings. The van der Waals surface area contributed by atoms with Crippen LogP contribution in [-0.2, 0) is 5.41 Å². The highest BCUT2D eigenvalue weighted by Gasteiger charge is 2.27. The highest BCUT2D eigenvalue weighted by atomic mass is 16.3. The summed E-state index contributed by atoms with van der Waals surface area (Å²) < 4.78 is 0. The Morgan fingerprint density at radius 1 is 0.923 bits per heavy atom. The molecule has 2 N–H and O–H groups in total. The third kappa shape index (κ3) is 2.34. The van der Waals surface area contributed by atoms with Crippen LogP contribution >= 0.6 is 0 Å². The van der Waals surface area contributed by atoms with Gasteiger partial charge in [-0.2, -0.15) is 5.26 Å². The van der Waals surface area contributed by atoms with Crippen LogP contribution in [0.2, 0.25) is 0 Å². The van der Waals surface area contributed by atoms with E-state index in [9.17, 15) is 10.4 Å². The molecule has 4 rings (SSSR count). The molecule has 0 unspecified atom stereocenters. The molecular formula is C23H20N2O. The van der Waals surface area contributed by atoms with Gasteiger partial charge >= 0.3 is 0 Å². The van der Waals surface area contributed by atoms with Gasteiger partial charge in [0.1, 0.15) is 11.8 Å². The largest absolute Gasteiger partial charge is 0.506 e. The third-order valence-electron chi connectivity index (χ3n) is 4.85. The molecule has 3 aromatic carbocycles. The second-order valence-corrected chi connectivity index (χ2v) is 7.65. The molecule has 3 heteroatoms. The number of phenolic OH excluding ortho intramolecular Hbond substituents is 1. The second kappa shape index (κ2) is 5.64. The molecule has 4 aromatic rings. The van der Waals surface area contributed by atoms with Crippen LogP contribution in [-0.4, -0.2) is 10.1 Å². The molecule has 0 aliphatic carbocycles. The van der Waals surface area contributed by atoms with E-state index in [0.29, 0.717) is 5.56 Å². The molecule has 26 heavy (non-hydrogen) atoms. The number of aromatic nitrogens is 1. The number of hydrogen-bond acceptors (Lipinski definition) is 2. The first-order chi connectivity index (χ1) is 12.4. The van der Waals surface area contributed by atoms with Crippen molar-refractivity contribution in [2.24, 2.45) is 0 Å². The smallest absolute Gasteiger partial charge is 0.141 e. The first kappa shape index (κ1) is 16.2. The summed E-state index contributed by atoms with van der Waals surface area (Å²) in [4.78, 5) is 3.54. The molecule has 1 aromatic heterocycles. The van der Waals surface area contributed by atoms with E-state index in [1.54, 1.807) is 6.07 Å². The molecule has 0 amide bonds. The highest BCUT2D eigenvalue weighted by molar-refractivity contribution is 6.09. The summed E-state index contributed by atoms with van der Waals surface area (Å²) >= 11 is 0. The summed E-state index contributed by atoms with van der Waals surface area (Å²) in [5.41, 5.74) is 3.92. The van der Waals surface area contributed by atoms with E-state index < -0.39 is 0 Å². The van der Waals surface area contributed by atoms with Crippen LogP contribution in [0.15, 0.2) is 54.6 Å². The molecule has 1 heterocycles. The first-order valence-electron chi connectivity index (χ1n) is 8.68. The van der Waals surface area contributed by atoms with Crippen LogP contribution in [0.25, 0.3) is 32.8 Å². The fourth-order valence-electron chi connectivity index (χ4n) is 3.64. The van der Waals surface area contributed by atoms with E-state index in [-0.39, 0.29) is 11.2 Å². The van der Waals surface area contributed by atoms with E-state index >= 15 is 0 Å². The Hall–Kier alpha value is -3.25. The molecule has 128 valence electrons. The zero-order valence-corrected chi connectivity index (χ0v) is 15.1. The predicted octanol–water partition coefficient (Wildman–Crippen LogP) is 5.86. The van der Waals surface area contributed by atoms with E-state index in [1.807, 2.05) is 42.5 Å². The van der Waals surface area contributed by atoms with Crippen molar-refractivity contribution in [1.82, 2.24) is 4.98 Å². The molecule has 0 saturated carbocycles. The van der Waals surface area contributed by atoms with Crippen molar-refractivity contribution in [2.45, 2.75) is 26.2 Å². The van der Waals surface area contributed by atoms with Gasteiger partial charge in [0.2, 0.25) is 0 Å². The van der Waals surface area contributed by atoms with Gasteiger partial charge in [0.05, 0.1) is 5.56 Å². The van der Waals surface area contributed by atoms with Crippen molar-refractivity contribution >= 4 is 21.7 Å². The lowest BCUT2D eigenvalue weighted by molar-refractivity contribution is 0.476. The topological polar surface area (TPSA) is 59.8 Å². The Morgan fingerprint density at radius 3 is 2.27 bits per heavy atom. The molecule has 0 radical (unpaired) electrons. The van der Waals surface area contributed by atoms with E-state index in [4.69, 9.17) is 0 Å². The molecule has 3 nitrogen and oxygen atoms in total. The average molecular weight is 340 g/mol. The van der Waals surface area contributed by atoms with Gasteiger partial charge in [0.15, 0.2) is 0 Å². The monoisotopic (exact) mass is 340 g/mol. The number of fused-ring (bicyclic) bond motifs is 2. The maximum atomic E-state index is 11.0. The van der Waals surface area contributed by atoms with Gasteiger partial charge in [-0.15, -0.1) is 0 Å². The van der Waals surface area contributed by atoms with Crippen molar-refractivity contribution in [1.29, 1.82) is 5.26 Å². The van der Waals surface area contributed by atoms with Crippen LogP contribution in [0.4, 0.5) is 0 Å². The minimum absolute atomic E-state index is 0.0430. The molecule has 0 aliphatic heterocycles. The number of nitrogens with zero attached hydrogens (tertiary/aromatic N) is 1. The van der Waals surface area contributed by atoms with Crippen LogP contribution in [0.5, 0.6) is 5.75 Å². The fraction of sp³-hybridized carbons (Fsp3) is 0.174. The number of aromatic hydroxyl groups is 1. The van der Waals surface area contributed by atoms with E-state index in [0.717, 1.165) is 38.5 Å². The zero-order valence-electron chi connectivity index (χ0n) is 15.1. The Balaban J connectivity index is 2.25. The zero-order chi connectivity index (χ0) is 18.5. The Morgan fingerprint density at radius 2 is 1.58 bits per heavy atom.